The van der Waals surface area contributed by atoms with Crippen molar-refractivity contribution in [1.29, 1.82) is 0 Å². The summed E-state index contributed by atoms with van der Waals surface area (Å²) < 4.78 is 27.5. The number of nitrogens with zero attached hydrogens (tertiary/aromatic N) is 2. The van der Waals surface area contributed by atoms with Crippen LogP contribution in [0.5, 0.6) is 0 Å². The van der Waals surface area contributed by atoms with Gasteiger partial charge in [-0.25, -0.2) is 18.3 Å². The van der Waals surface area contributed by atoms with Gasteiger partial charge in [0.15, 0.2) is 5.69 Å². The van der Waals surface area contributed by atoms with Crippen molar-refractivity contribution in [3.63, 3.8) is 0 Å². The van der Waals surface area contributed by atoms with Gasteiger partial charge in [0.25, 0.3) is 0 Å². The van der Waals surface area contributed by atoms with E-state index in [9.17, 15) is 13.6 Å². The largest absolute Gasteiger partial charge is 0.476 e. The molecule has 0 atom stereocenters. The van der Waals surface area contributed by atoms with Crippen molar-refractivity contribution in [3.05, 3.63) is 41.1 Å². The van der Waals surface area contributed by atoms with Crippen LogP contribution in [0.15, 0.2) is 18.2 Å². The molecular formula is C11H9F2N3O2. The quantitative estimate of drug-likeness (QED) is 0.854. The first-order valence-electron chi connectivity index (χ1n) is 4.95. The zero-order chi connectivity index (χ0) is 13.4. The van der Waals surface area contributed by atoms with Crippen molar-refractivity contribution >= 4 is 11.8 Å². The van der Waals surface area contributed by atoms with E-state index in [1.165, 1.54) is 6.92 Å². The molecule has 0 amide bonds. The van der Waals surface area contributed by atoms with Gasteiger partial charge >= 0.3 is 5.97 Å². The van der Waals surface area contributed by atoms with Crippen molar-refractivity contribution < 1.29 is 18.7 Å². The molecule has 1 aromatic heterocycles. The SMILES string of the molecule is Cc1c(C(=O)O)nn(-c2cc(F)ccc2F)c1N. The Morgan fingerprint density at radius 2 is 2.11 bits per heavy atom. The van der Waals surface area contributed by atoms with Gasteiger partial charge in [-0.3, -0.25) is 0 Å². The van der Waals surface area contributed by atoms with E-state index < -0.39 is 17.6 Å². The van der Waals surface area contributed by atoms with Gasteiger partial charge in [0, 0.05) is 11.6 Å². The molecule has 0 aliphatic carbocycles. The number of anilines is 1. The Morgan fingerprint density at radius 1 is 1.44 bits per heavy atom. The van der Waals surface area contributed by atoms with Crippen LogP contribution in [0.1, 0.15) is 16.1 Å². The number of rotatable bonds is 2. The molecule has 3 N–H and O–H groups in total. The number of carboxylic acid groups (broad SMARTS) is 1. The van der Waals surface area contributed by atoms with Gasteiger partial charge in [-0.1, -0.05) is 0 Å². The third kappa shape index (κ3) is 1.79. The van der Waals surface area contributed by atoms with E-state index in [0.29, 0.717) is 0 Å². The second-order valence-corrected chi connectivity index (χ2v) is 3.67. The van der Waals surface area contributed by atoms with Gasteiger partial charge < -0.3 is 10.8 Å². The molecule has 7 heteroatoms. The molecule has 0 saturated carbocycles. The standard InChI is InChI=1S/C11H9F2N3O2/c1-5-9(11(17)18)15-16(10(5)14)8-4-6(12)2-3-7(8)13/h2-4H,14H2,1H3,(H,17,18). The van der Waals surface area contributed by atoms with Crippen LogP contribution < -0.4 is 5.73 Å². The molecule has 5 nitrogen and oxygen atoms in total. The number of aromatic carboxylic acids is 1. The van der Waals surface area contributed by atoms with E-state index in [2.05, 4.69) is 5.10 Å². The summed E-state index contributed by atoms with van der Waals surface area (Å²) in [6.45, 7) is 1.44. The predicted octanol–water partition coefficient (Wildman–Crippen LogP) is 1.74. The first-order chi connectivity index (χ1) is 8.41. The van der Waals surface area contributed by atoms with Crippen LogP contribution in [0.4, 0.5) is 14.6 Å². The molecule has 0 aliphatic heterocycles. The molecule has 0 saturated heterocycles. The number of nitrogens with two attached hydrogens (primary N) is 1. The molecule has 94 valence electrons. The fourth-order valence-electron chi connectivity index (χ4n) is 1.54. The number of benzene rings is 1. The maximum atomic E-state index is 13.5. The first-order valence-corrected chi connectivity index (χ1v) is 4.95. The Bertz CT molecular complexity index is 637. The molecule has 0 radical (unpaired) electrons. The van der Waals surface area contributed by atoms with E-state index >= 15 is 0 Å². The van der Waals surface area contributed by atoms with Crippen molar-refractivity contribution in [2.75, 3.05) is 5.73 Å². The molecule has 1 aromatic carbocycles. The lowest BCUT2D eigenvalue weighted by Crippen LogP contribution is -2.06. The summed E-state index contributed by atoms with van der Waals surface area (Å²) in [4.78, 5) is 10.9. The van der Waals surface area contributed by atoms with Crippen LogP contribution in [0.25, 0.3) is 5.69 Å². The summed E-state index contributed by atoms with van der Waals surface area (Å²) in [5, 5.41) is 12.5. The summed E-state index contributed by atoms with van der Waals surface area (Å²) in [5.74, 6) is -2.75. The molecule has 18 heavy (non-hydrogen) atoms. The average Bonchev–Trinajstić information content (AvgIpc) is 2.60. The van der Waals surface area contributed by atoms with Gasteiger partial charge in [0.05, 0.1) is 0 Å². The second-order valence-electron chi connectivity index (χ2n) is 3.67. The molecule has 2 rings (SSSR count). The highest BCUT2D eigenvalue weighted by Crippen LogP contribution is 2.22. The minimum Gasteiger partial charge on any atom is -0.476 e. The summed E-state index contributed by atoms with van der Waals surface area (Å²) >= 11 is 0. The summed E-state index contributed by atoms with van der Waals surface area (Å²) in [5.41, 5.74) is 5.31. The topological polar surface area (TPSA) is 81.1 Å². The summed E-state index contributed by atoms with van der Waals surface area (Å²) in [6.07, 6.45) is 0. The number of carbonyl (C=O) groups is 1. The minimum atomic E-state index is -1.28. The van der Waals surface area contributed by atoms with Crippen LogP contribution in [0, 0.1) is 18.6 Å². The number of halogens is 2. The van der Waals surface area contributed by atoms with Gasteiger partial charge in [0.2, 0.25) is 0 Å². The maximum absolute atomic E-state index is 13.5. The van der Waals surface area contributed by atoms with Gasteiger partial charge in [-0.2, -0.15) is 5.10 Å². The summed E-state index contributed by atoms with van der Waals surface area (Å²) in [7, 11) is 0. The normalized spacial score (nSPS) is 10.6. The Hall–Kier alpha value is -2.44. The molecule has 0 aliphatic rings. The Morgan fingerprint density at radius 3 is 2.67 bits per heavy atom. The lowest BCUT2D eigenvalue weighted by Gasteiger charge is -2.05. The molecule has 2 aromatic rings. The number of hydrogen-bond donors (Lipinski definition) is 2. The molecule has 0 spiro atoms. The fraction of sp³-hybridized carbons (Fsp3) is 0.0909. The zero-order valence-electron chi connectivity index (χ0n) is 9.32. The van der Waals surface area contributed by atoms with Crippen LogP contribution in [0.3, 0.4) is 0 Å². The molecule has 1 heterocycles. The van der Waals surface area contributed by atoms with Crippen molar-refractivity contribution in [1.82, 2.24) is 9.78 Å². The van der Waals surface area contributed by atoms with Gasteiger partial charge in [0.1, 0.15) is 23.1 Å². The molecule has 0 bridgehead atoms. The van der Waals surface area contributed by atoms with Crippen LogP contribution in [0.2, 0.25) is 0 Å². The van der Waals surface area contributed by atoms with Crippen LogP contribution >= 0.6 is 0 Å². The minimum absolute atomic E-state index is 0.0445. The van der Waals surface area contributed by atoms with Crippen LogP contribution in [-0.2, 0) is 0 Å². The predicted molar refractivity (Wildman–Crippen MR) is 59.6 cm³/mol. The van der Waals surface area contributed by atoms with E-state index in [4.69, 9.17) is 10.8 Å². The summed E-state index contributed by atoms with van der Waals surface area (Å²) in [6, 6.07) is 2.76. The molecule has 0 fully saturated rings. The van der Waals surface area contributed by atoms with Gasteiger partial charge in [-0.05, 0) is 19.1 Å². The number of nitrogen functional groups attached to an aromatic ring is 1. The lowest BCUT2D eigenvalue weighted by atomic mass is 10.2. The third-order valence-electron chi connectivity index (χ3n) is 2.51. The Kier molecular flexibility index (Phi) is 2.74. The lowest BCUT2D eigenvalue weighted by molar-refractivity contribution is 0.0689. The maximum Gasteiger partial charge on any atom is 0.356 e. The van der Waals surface area contributed by atoms with E-state index in [0.717, 1.165) is 22.9 Å². The monoisotopic (exact) mass is 253 g/mol. The second kappa shape index (κ2) is 4.10. The average molecular weight is 253 g/mol. The van der Waals surface area contributed by atoms with Crippen molar-refractivity contribution in [2.45, 2.75) is 6.92 Å². The van der Waals surface area contributed by atoms with Crippen molar-refractivity contribution in [2.24, 2.45) is 0 Å². The highest BCUT2D eigenvalue weighted by molar-refractivity contribution is 5.88. The molecule has 0 unspecified atom stereocenters. The third-order valence-corrected chi connectivity index (χ3v) is 2.51. The van der Waals surface area contributed by atoms with E-state index in [1.807, 2.05) is 0 Å². The van der Waals surface area contributed by atoms with E-state index in [-0.39, 0.29) is 22.8 Å². The zero-order valence-corrected chi connectivity index (χ0v) is 9.32. The number of hydrogen-bond acceptors (Lipinski definition) is 3. The number of carboxylic acids is 1. The first kappa shape index (κ1) is 12.0. The van der Waals surface area contributed by atoms with E-state index in [1.54, 1.807) is 0 Å². The Labute approximate surface area is 100 Å². The highest BCUT2D eigenvalue weighted by Gasteiger charge is 2.20. The Balaban J connectivity index is 2.68. The smallest absolute Gasteiger partial charge is 0.356 e. The highest BCUT2D eigenvalue weighted by atomic mass is 19.1. The van der Waals surface area contributed by atoms with Crippen molar-refractivity contribution in [3.8, 4) is 5.69 Å². The number of aromatic nitrogens is 2. The van der Waals surface area contributed by atoms with Gasteiger partial charge in [-0.15, -0.1) is 0 Å². The molecular weight excluding hydrogens is 244 g/mol. The fourth-order valence-corrected chi connectivity index (χ4v) is 1.54. The van der Waals surface area contributed by atoms with Crippen LogP contribution in [-0.4, -0.2) is 20.9 Å².